The Labute approximate surface area is 165 Å². The Morgan fingerprint density at radius 3 is 3.04 bits per heavy atom. The van der Waals surface area contributed by atoms with E-state index in [4.69, 9.17) is 0 Å². The summed E-state index contributed by atoms with van der Waals surface area (Å²) >= 11 is 2.77. The molecule has 0 saturated heterocycles. The molecule has 1 aliphatic rings. The summed E-state index contributed by atoms with van der Waals surface area (Å²) in [6, 6.07) is 9.80. The number of aromatic nitrogens is 2. The van der Waals surface area contributed by atoms with Gasteiger partial charge in [-0.15, -0.1) is 17.9 Å². The van der Waals surface area contributed by atoms with Crippen LogP contribution in [0.2, 0.25) is 0 Å². The van der Waals surface area contributed by atoms with Crippen molar-refractivity contribution in [2.24, 2.45) is 0 Å². The van der Waals surface area contributed by atoms with Gasteiger partial charge >= 0.3 is 0 Å². The second-order valence-electron chi connectivity index (χ2n) is 6.37. The normalized spacial score (nSPS) is 14.3. The Hall–Kier alpha value is -2.38. The van der Waals surface area contributed by atoms with E-state index < -0.39 is 0 Å². The van der Waals surface area contributed by atoms with E-state index in [1.54, 1.807) is 16.7 Å². The zero-order valence-electron chi connectivity index (χ0n) is 14.9. The number of rotatable bonds is 5. The van der Waals surface area contributed by atoms with Crippen molar-refractivity contribution in [1.29, 1.82) is 0 Å². The summed E-state index contributed by atoms with van der Waals surface area (Å²) in [5, 5.41) is 2.68. The predicted octanol–water partition coefficient (Wildman–Crippen LogP) is 3.71. The van der Waals surface area contributed by atoms with Crippen molar-refractivity contribution in [3.8, 4) is 0 Å². The number of anilines is 1. The molecule has 1 aliphatic heterocycles. The Morgan fingerprint density at radius 1 is 1.41 bits per heavy atom. The van der Waals surface area contributed by atoms with Crippen LogP contribution in [0.25, 0.3) is 10.2 Å². The number of para-hydroxylation sites is 1. The fourth-order valence-corrected chi connectivity index (χ4v) is 5.09. The highest BCUT2D eigenvalue weighted by Gasteiger charge is 2.29. The quantitative estimate of drug-likeness (QED) is 0.374. The van der Waals surface area contributed by atoms with E-state index in [1.807, 2.05) is 35.4 Å². The largest absolute Gasteiger partial charge is 0.311 e. The lowest BCUT2D eigenvalue weighted by Gasteiger charge is -2.22. The first-order valence-corrected chi connectivity index (χ1v) is 10.5. The smallest absolute Gasteiger partial charge is 0.263 e. The molecular formula is C20H19N3O2S2. The second kappa shape index (κ2) is 7.32. The zero-order valence-corrected chi connectivity index (χ0v) is 16.6. The van der Waals surface area contributed by atoms with E-state index in [0.717, 1.165) is 12.1 Å². The molecule has 1 unspecified atom stereocenters. The molecule has 0 bridgehead atoms. The zero-order chi connectivity index (χ0) is 19.0. The van der Waals surface area contributed by atoms with Crippen molar-refractivity contribution in [2.75, 3.05) is 11.4 Å². The number of thioether (sulfide) groups is 1. The lowest BCUT2D eigenvalue weighted by Crippen LogP contribution is -2.35. The molecule has 0 aliphatic carbocycles. The van der Waals surface area contributed by atoms with Gasteiger partial charge in [-0.3, -0.25) is 14.2 Å². The van der Waals surface area contributed by atoms with Gasteiger partial charge in [0.05, 0.1) is 10.6 Å². The topological polar surface area (TPSA) is 55.2 Å². The van der Waals surface area contributed by atoms with Crippen molar-refractivity contribution in [1.82, 2.24) is 9.55 Å². The van der Waals surface area contributed by atoms with Crippen molar-refractivity contribution >= 4 is 44.9 Å². The van der Waals surface area contributed by atoms with E-state index in [9.17, 15) is 9.59 Å². The lowest BCUT2D eigenvalue weighted by molar-refractivity contribution is -0.117. The van der Waals surface area contributed by atoms with Crippen LogP contribution in [0.3, 0.4) is 0 Å². The van der Waals surface area contributed by atoms with Crippen LogP contribution < -0.4 is 10.5 Å². The molecule has 0 radical (unpaired) electrons. The fraction of sp³-hybridized carbons (Fsp3) is 0.250. The molecule has 0 saturated carbocycles. The molecule has 0 fully saturated rings. The van der Waals surface area contributed by atoms with Gasteiger partial charge in [-0.25, -0.2) is 4.98 Å². The predicted molar refractivity (Wildman–Crippen MR) is 112 cm³/mol. The molecule has 5 nitrogen and oxygen atoms in total. The minimum atomic E-state index is -0.350. The van der Waals surface area contributed by atoms with Crippen LogP contribution >= 0.6 is 23.1 Å². The molecule has 1 amide bonds. The summed E-state index contributed by atoms with van der Waals surface area (Å²) in [6.45, 7) is 6.67. The van der Waals surface area contributed by atoms with Gasteiger partial charge in [0.25, 0.3) is 5.56 Å². The van der Waals surface area contributed by atoms with Crippen LogP contribution in [0.1, 0.15) is 12.5 Å². The SMILES string of the molecule is C=CCn1c(SC(C)C(=O)N2CCc3ccccc32)nc2sccc2c1=O. The molecule has 3 aromatic rings. The molecule has 0 spiro atoms. The Morgan fingerprint density at radius 2 is 2.22 bits per heavy atom. The Kier molecular flexibility index (Phi) is 4.88. The molecule has 4 rings (SSSR count). The molecule has 3 heterocycles. The monoisotopic (exact) mass is 397 g/mol. The fourth-order valence-electron chi connectivity index (χ4n) is 3.31. The Bertz CT molecular complexity index is 1090. The maximum atomic E-state index is 13.1. The van der Waals surface area contributed by atoms with Crippen molar-refractivity contribution in [3.63, 3.8) is 0 Å². The molecule has 2 aromatic heterocycles. The maximum Gasteiger partial charge on any atom is 0.263 e. The number of hydrogen-bond acceptors (Lipinski definition) is 5. The number of carbonyl (C=O) groups excluding carboxylic acids is 1. The second-order valence-corrected chi connectivity index (χ2v) is 8.57. The van der Waals surface area contributed by atoms with Crippen molar-refractivity contribution < 1.29 is 4.79 Å². The van der Waals surface area contributed by atoms with E-state index in [-0.39, 0.29) is 16.7 Å². The van der Waals surface area contributed by atoms with Crippen LogP contribution in [-0.2, 0) is 17.8 Å². The molecular weight excluding hydrogens is 378 g/mol. The van der Waals surface area contributed by atoms with Gasteiger partial charge in [0, 0.05) is 18.8 Å². The standard InChI is InChI=1S/C20H19N3O2S2/c1-3-10-23-19(25)15-9-12-26-17(15)21-20(23)27-13(2)18(24)22-11-8-14-6-4-5-7-16(14)22/h3-7,9,12-13H,1,8,10-11H2,2H3. The first-order valence-electron chi connectivity index (χ1n) is 8.75. The van der Waals surface area contributed by atoms with E-state index in [2.05, 4.69) is 17.6 Å². The van der Waals surface area contributed by atoms with Gasteiger partial charge in [-0.1, -0.05) is 36.0 Å². The van der Waals surface area contributed by atoms with Crippen LogP contribution in [0.5, 0.6) is 0 Å². The van der Waals surface area contributed by atoms with E-state index in [0.29, 0.717) is 28.5 Å². The molecule has 0 N–H and O–H groups in total. The first kappa shape index (κ1) is 18.0. The molecule has 1 atom stereocenters. The van der Waals surface area contributed by atoms with Crippen LogP contribution in [0.4, 0.5) is 5.69 Å². The van der Waals surface area contributed by atoms with Crippen LogP contribution in [0, 0.1) is 0 Å². The third-order valence-corrected chi connectivity index (χ3v) is 6.53. The summed E-state index contributed by atoms with van der Waals surface area (Å²) in [4.78, 5) is 33.0. The average Bonchev–Trinajstić information content (AvgIpc) is 3.31. The Balaban J connectivity index is 1.64. The number of benzene rings is 1. The van der Waals surface area contributed by atoms with Gasteiger partial charge in [0.2, 0.25) is 5.91 Å². The first-order chi connectivity index (χ1) is 13.1. The molecule has 1 aromatic carbocycles. The maximum absolute atomic E-state index is 13.1. The highest BCUT2D eigenvalue weighted by molar-refractivity contribution is 8.00. The van der Waals surface area contributed by atoms with Gasteiger partial charge < -0.3 is 4.90 Å². The highest BCUT2D eigenvalue weighted by Crippen LogP contribution is 2.31. The summed E-state index contributed by atoms with van der Waals surface area (Å²) < 4.78 is 1.59. The molecule has 27 heavy (non-hydrogen) atoms. The summed E-state index contributed by atoms with van der Waals surface area (Å²) in [5.41, 5.74) is 2.10. The van der Waals surface area contributed by atoms with Gasteiger partial charge in [-0.05, 0) is 36.4 Å². The highest BCUT2D eigenvalue weighted by atomic mass is 32.2. The molecule has 138 valence electrons. The number of thiophene rings is 1. The third kappa shape index (κ3) is 3.21. The van der Waals surface area contributed by atoms with Gasteiger partial charge in [-0.2, -0.15) is 0 Å². The van der Waals surface area contributed by atoms with Gasteiger partial charge in [0.15, 0.2) is 5.16 Å². The number of nitrogens with zero attached hydrogens (tertiary/aromatic N) is 3. The van der Waals surface area contributed by atoms with Gasteiger partial charge in [0.1, 0.15) is 4.83 Å². The van der Waals surface area contributed by atoms with E-state index >= 15 is 0 Å². The summed E-state index contributed by atoms with van der Waals surface area (Å²) in [7, 11) is 0. The number of carbonyl (C=O) groups is 1. The van der Waals surface area contributed by atoms with Crippen LogP contribution in [-0.4, -0.2) is 27.3 Å². The minimum Gasteiger partial charge on any atom is -0.311 e. The van der Waals surface area contributed by atoms with Crippen molar-refractivity contribution in [2.45, 2.75) is 30.3 Å². The lowest BCUT2D eigenvalue weighted by atomic mass is 10.2. The minimum absolute atomic E-state index is 0.0376. The molecule has 7 heteroatoms. The number of fused-ring (bicyclic) bond motifs is 2. The summed E-state index contributed by atoms with van der Waals surface area (Å²) in [5.74, 6) is 0.0376. The van der Waals surface area contributed by atoms with Crippen LogP contribution in [0.15, 0.2) is 58.3 Å². The third-order valence-electron chi connectivity index (χ3n) is 4.64. The number of amides is 1. The summed E-state index contributed by atoms with van der Waals surface area (Å²) in [6.07, 6.45) is 2.55. The average molecular weight is 398 g/mol. The number of allylic oxidation sites excluding steroid dienone is 1. The van der Waals surface area contributed by atoms with E-state index in [1.165, 1.54) is 28.7 Å². The van der Waals surface area contributed by atoms with Crippen molar-refractivity contribution in [3.05, 3.63) is 64.3 Å². The number of hydrogen-bond donors (Lipinski definition) is 0.